The lowest BCUT2D eigenvalue weighted by atomic mass is 10.4. The summed E-state index contributed by atoms with van der Waals surface area (Å²) in [5.74, 6) is 0. The maximum Gasteiger partial charge on any atom is 0.312 e. The Labute approximate surface area is 104 Å². The number of nitrogens with one attached hydrogen (secondary N) is 1. The molecule has 3 N–H and O–H groups in total. The van der Waals surface area contributed by atoms with Gasteiger partial charge in [-0.15, -0.1) is 0 Å². The van der Waals surface area contributed by atoms with Gasteiger partial charge in [0.25, 0.3) is 0 Å². The molecule has 0 saturated carbocycles. The van der Waals surface area contributed by atoms with E-state index in [-0.39, 0.29) is 0 Å². The van der Waals surface area contributed by atoms with E-state index in [2.05, 4.69) is 22.2 Å². The second-order valence-electron chi connectivity index (χ2n) is 4.36. The number of carbonyl (C=O) groups excluding carboxylic acids is 1. The number of rotatable bonds is 4. The van der Waals surface area contributed by atoms with Gasteiger partial charge in [-0.3, -0.25) is 0 Å². The Morgan fingerprint density at radius 2 is 2.00 bits per heavy atom. The van der Waals surface area contributed by atoms with E-state index in [1.54, 1.807) is 0 Å². The summed E-state index contributed by atoms with van der Waals surface area (Å²) in [4.78, 5) is 14.5. The van der Waals surface area contributed by atoms with Gasteiger partial charge < -0.3 is 25.6 Å². The van der Waals surface area contributed by atoms with Crippen LogP contribution in [0.4, 0.5) is 4.79 Å². The smallest absolute Gasteiger partial charge is 0.312 e. The number of nitrogens with zero attached hydrogens (tertiary/aromatic N) is 2. The average molecular weight is 246 g/mol. The molecule has 0 aromatic rings. The Morgan fingerprint density at radius 3 is 2.35 bits per heavy atom. The zero-order chi connectivity index (χ0) is 13.1. The first-order chi connectivity index (χ1) is 8.02. The molecule has 0 radical (unpaired) electrons. The van der Waals surface area contributed by atoms with Crippen LogP contribution in [0.5, 0.6) is 0 Å². The SMILES string of the molecule is CN(C)CCCNC(N)=O.CN1CCOCC1. The minimum Gasteiger partial charge on any atom is -0.379 e. The molecule has 0 aromatic heterocycles. The van der Waals surface area contributed by atoms with E-state index in [0.717, 1.165) is 39.3 Å². The van der Waals surface area contributed by atoms with Gasteiger partial charge >= 0.3 is 6.03 Å². The molecule has 1 saturated heterocycles. The molecule has 1 aliphatic heterocycles. The lowest BCUT2D eigenvalue weighted by molar-refractivity contribution is 0.0503. The van der Waals surface area contributed by atoms with E-state index in [1.165, 1.54) is 0 Å². The molecule has 6 nitrogen and oxygen atoms in total. The van der Waals surface area contributed by atoms with Crippen molar-refractivity contribution in [3.8, 4) is 0 Å². The highest BCUT2D eigenvalue weighted by molar-refractivity contribution is 5.71. The van der Waals surface area contributed by atoms with Gasteiger partial charge in [-0.25, -0.2) is 4.79 Å². The van der Waals surface area contributed by atoms with Crippen LogP contribution in [0.2, 0.25) is 0 Å². The van der Waals surface area contributed by atoms with Crippen LogP contribution in [-0.2, 0) is 4.74 Å². The first-order valence-electron chi connectivity index (χ1n) is 5.96. The standard InChI is InChI=1S/C6H15N3O.C5H11NO/c1-9(2)5-3-4-8-6(7)10;1-6-2-4-7-5-3-6/h3-5H2,1-2H3,(H3,7,8,10);2-5H2,1H3. The maximum absolute atomic E-state index is 10.1. The van der Waals surface area contributed by atoms with Gasteiger partial charge in [0.05, 0.1) is 13.2 Å². The molecule has 0 spiro atoms. The van der Waals surface area contributed by atoms with Crippen molar-refractivity contribution in [3.63, 3.8) is 0 Å². The Hall–Kier alpha value is -0.850. The normalized spacial score (nSPS) is 16.2. The molecule has 2 amide bonds. The molecular weight excluding hydrogens is 220 g/mol. The van der Waals surface area contributed by atoms with Gasteiger partial charge in [0.15, 0.2) is 0 Å². The van der Waals surface area contributed by atoms with Crippen molar-refractivity contribution in [3.05, 3.63) is 0 Å². The number of hydrogen-bond donors (Lipinski definition) is 2. The minimum atomic E-state index is -0.446. The number of nitrogens with two attached hydrogens (primary N) is 1. The van der Waals surface area contributed by atoms with Crippen molar-refractivity contribution in [2.24, 2.45) is 5.73 Å². The molecule has 0 unspecified atom stereocenters. The van der Waals surface area contributed by atoms with E-state index in [9.17, 15) is 4.79 Å². The third-order valence-electron chi connectivity index (χ3n) is 2.32. The summed E-state index contributed by atoms with van der Waals surface area (Å²) >= 11 is 0. The average Bonchev–Trinajstić information content (AvgIpc) is 2.26. The van der Waals surface area contributed by atoms with Crippen LogP contribution in [0.3, 0.4) is 0 Å². The summed E-state index contributed by atoms with van der Waals surface area (Å²) in [7, 11) is 6.09. The summed E-state index contributed by atoms with van der Waals surface area (Å²) in [6.07, 6.45) is 0.940. The second-order valence-corrected chi connectivity index (χ2v) is 4.36. The lowest BCUT2D eigenvalue weighted by Gasteiger charge is -2.21. The van der Waals surface area contributed by atoms with Crippen LogP contribution in [0.15, 0.2) is 0 Å². The highest BCUT2D eigenvalue weighted by Gasteiger charge is 2.02. The summed E-state index contributed by atoms with van der Waals surface area (Å²) in [6.45, 7) is 5.65. The van der Waals surface area contributed by atoms with Gasteiger partial charge in [0.1, 0.15) is 0 Å². The fourth-order valence-corrected chi connectivity index (χ4v) is 1.26. The first kappa shape index (κ1) is 16.1. The number of likely N-dealkylation sites (N-methyl/N-ethyl adjacent to an activating group) is 1. The number of hydrogen-bond acceptors (Lipinski definition) is 4. The molecule has 1 aliphatic rings. The highest BCUT2D eigenvalue weighted by atomic mass is 16.5. The topological polar surface area (TPSA) is 70.8 Å². The van der Waals surface area contributed by atoms with Gasteiger partial charge in [-0.2, -0.15) is 0 Å². The number of urea groups is 1. The van der Waals surface area contributed by atoms with Crippen LogP contribution in [0.25, 0.3) is 0 Å². The zero-order valence-corrected chi connectivity index (χ0v) is 11.2. The predicted octanol–water partition coefficient (Wildman–Crippen LogP) is -0.445. The Balaban J connectivity index is 0.000000318. The molecule has 0 aromatic carbocycles. The van der Waals surface area contributed by atoms with Gasteiger partial charge in [0, 0.05) is 19.6 Å². The quantitative estimate of drug-likeness (QED) is 0.659. The van der Waals surface area contributed by atoms with Crippen molar-refractivity contribution in [2.45, 2.75) is 6.42 Å². The van der Waals surface area contributed by atoms with Crippen LogP contribution in [0, 0.1) is 0 Å². The van der Waals surface area contributed by atoms with Gasteiger partial charge in [-0.05, 0) is 34.1 Å². The zero-order valence-electron chi connectivity index (χ0n) is 11.2. The van der Waals surface area contributed by atoms with E-state index < -0.39 is 6.03 Å². The van der Waals surface area contributed by atoms with Gasteiger partial charge in [-0.1, -0.05) is 0 Å². The third kappa shape index (κ3) is 13.1. The number of ether oxygens (including phenoxy) is 1. The number of morpholine rings is 1. The van der Waals surface area contributed by atoms with Crippen molar-refractivity contribution >= 4 is 6.03 Å². The van der Waals surface area contributed by atoms with Crippen molar-refractivity contribution in [1.29, 1.82) is 0 Å². The molecule has 0 atom stereocenters. The van der Waals surface area contributed by atoms with Crippen LogP contribution >= 0.6 is 0 Å². The van der Waals surface area contributed by atoms with E-state index in [4.69, 9.17) is 10.5 Å². The summed E-state index contributed by atoms with van der Waals surface area (Å²) in [5.41, 5.74) is 4.85. The van der Waals surface area contributed by atoms with Gasteiger partial charge in [0.2, 0.25) is 0 Å². The molecule has 1 rings (SSSR count). The van der Waals surface area contributed by atoms with Crippen molar-refractivity contribution < 1.29 is 9.53 Å². The molecule has 102 valence electrons. The molecular formula is C11H26N4O2. The third-order valence-corrected chi connectivity index (χ3v) is 2.32. The number of amides is 2. The second kappa shape index (κ2) is 10.3. The fraction of sp³-hybridized carbons (Fsp3) is 0.909. The summed E-state index contributed by atoms with van der Waals surface area (Å²) in [5, 5.41) is 2.51. The number of primary amides is 1. The van der Waals surface area contributed by atoms with Crippen LogP contribution < -0.4 is 11.1 Å². The van der Waals surface area contributed by atoms with Crippen molar-refractivity contribution in [1.82, 2.24) is 15.1 Å². The first-order valence-corrected chi connectivity index (χ1v) is 5.96. The monoisotopic (exact) mass is 246 g/mol. The molecule has 17 heavy (non-hydrogen) atoms. The molecule has 1 heterocycles. The van der Waals surface area contributed by atoms with Crippen LogP contribution in [0.1, 0.15) is 6.42 Å². The van der Waals surface area contributed by atoms with Crippen LogP contribution in [-0.4, -0.2) is 76.4 Å². The largest absolute Gasteiger partial charge is 0.379 e. The predicted molar refractivity (Wildman–Crippen MR) is 69.1 cm³/mol. The molecule has 1 fully saturated rings. The summed E-state index contributed by atoms with van der Waals surface area (Å²) in [6, 6.07) is -0.446. The summed E-state index contributed by atoms with van der Waals surface area (Å²) < 4.78 is 5.10. The lowest BCUT2D eigenvalue weighted by Crippen LogP contribution is -2.32. The Morgan fingerprint density at radius 1 is 1.41 bits per heavy atom. The minimum absolute atomic E-state index is 0.446. The maximum atomic E-state index is 10.1. The van der Waals surface area contributed by atoms with Crippen molar-refractivity contribution in [2.75, 3.05) is 60.5 Å². The molecule has 0 bridgehead atoms. The highest BCUT2D eigenvalue weighted by Crippen LogP contribution is 1.89. The molecule has 0 aliphatic carbocycles. The van der Waals surface area contributed by atoms with E-state index in [1.807, 2.05) is 14.1 Å². The number of carbonyl (C=O) groups is 1. The van der Waals surface area contributed by atoms with E-state index >= 15 is 0 Å². The Kier molecular flexibility index (Phi) is 9.80. The van der Waals surface area contributed by atoms with E-state index in [0.29, 0.717) is 6.54 Å². The Bertz CT molecular complexity index is 194. The fourth-order valence-electron chi connectivity index (χ4n) is 1.26. The molecule has 6 heteroatoms.